The van der Waals surface area contributed by atoms with Crippen LogP contribution in [0.4, 0.5) is 11.4 Å². The summed E-state index contributed by atoms with van der Waals surface area (Å²) in [6, 6.07) is 11.9. The molecule has 1 amide bonds. The van der Waals surface area contributed by atoms with Crippen molar-refractivity contribution in [3.8, 4) is 0 Å². The van der Waals surface area contributed by atoms with Crippen LogP contribution in [0.2, 0.25) is 0 Å². The van der Waals surface area contributed by atoms with Gasteiger partial charge in [-0.15, -0.1) is 0 Å². The van der Waals surface area contributed by atoms with Crippen molar-refractivity contribution < 1.29 is 9.72 Å². The van der Waals surface area contributed by atoms with Crippen molar-refractivity contribution in [1.82, 2.24) is 5.32 Å². The lowest BCUT2D eigenvalue weighted by atomic mass is 10.1. The standard InChI is InChI=1S/C16H15N3O3S/c1-10-6-3-4-8-13(10)17-16(23)18-15(20)12-7-5-9-14(11(12)2)19(21)22/h3-9H,1-2H3,(H2,17,18,20,23). The zero-order valence-electron chi connectivity index (χ0n) is 12.6. The number of aryl methyl sites for hydroxylation is 1. The number of nitrogens with one attached hydrogen (secondary N) is 2. The molecule has 0 spiro atoms. The van der Waals surface area contributed by atoms with Crippen LogP contribution in [0.15, 0.2) is 42.5 Å². The summed E-state index contributed by atoms with van der Waals surface area (Å²) in [7, 11) is 0. The van der Waals surface area contributed by atoms with Gasteiger partial charge in [-0.05, 0) is 43.8 Å². The third-order valence-corrected chi connectivity index (χ3v) is 3.57. The Hall–Kier alpha value is -2.80. The number of hydrogen-bond acceptors (Lipinski definition) is 4. The van der Waals surface area contributed by atoms with Crippen LogP contribution in [0, 0.1) is 24.0 Å². The van der Waals surface area contributed by atoms with Crippen LogP contribution in [0.3, 0.4) is 0 Å². The predicted molar refractivity (Wildman–Crippen MR) is 92.7 cm³/mol. The van der Waals surface area contributed by atoms with E-state index in [0.29, 0.717) is 5.56 Å². The van der Waals surface area contributed by atoms with Gasteiger partial charge >= 0.3 is 0 Å². The van der Waals surface area contributed by atoms with Crippen LogP contribution >= 0.6 is 12.2 Å². The minimum absolute atomic E-state index is 0.101. The lowest BCUT2D eigenvalue weighted by molar-refractivity contribution is -0.385. The van der Waals surface area contributed by atoms with Crippen molar-refractivity contribution in [3.63, 3.8) is 0 Å². The second kappa shape index (κ2) is 6.97. The van der Waals surface area contributed by atoms with Crippen molar-refractivity contribution in [2.75, 3.05) is 5.32 Å². The number of nitro benzene ring substituents is 1. The van der Waals surface area contributed by atoms with E-state index in [2.05, 4.69) is 10.6 Å². The first-order valence-corrected chi connectivity index (χ1v) is 7.23. The number of carbonyl (C=O) groups is 1. The van der Waals surface area contributed by atoms with Crippen LogP contribution in [-0.2, 0) is 0 Å². The summed E-state index contributed by atoms with van der Waals surface area (Å²) in [5.74, 6) is -0.489. The average molecular weight is 329 g/mol. The number of rotatable bonds is 3. The Balaban J connectivity index is 2.13. The zero-order valence-corrected chi connectivity index (χ0v) is 13.4. The zero-order chi connectivity index (χ0) is 17.0. The highest BCUT2D eigenvalue weighted by atomic mass is 32.1. The van der Waals surface area contributed by atoms with Crippen molar-refractivity contribution in [2.45, 2.75) is 13.8 Å². The number of para-hydroxylation sites is 1. The van der Waals surface area contributed by atoms with Gasteiger partial charge < -0.3 is 5.32 Å². The number of carbonyl (C=O) groups excluding carboxylic acids is 1. The summed E-state index contributed by atoms with van der Waals surface area (Å²) in [5, 5.41) is 16.5. The van der Waals surface area contributed by atoms with Gasteiger partial charge in [0, 0.05) is 22.9 Å². The van der Waals surface area contributed by atoms with Crippen molar-refractivity contribution in [3.05, 3.63) is 69.3 Å². The monoisotopic (exact) mass is 329 g/mol. The molecule has 2 N–H and O–H groups in total. The smallest absolute Gasteiger partial charge is 0.273 e. The van der Waals surface area contributed by atoms with Crippen LogP contribution in [0.25, 0.3) is 0 Å². The van der Waals surface area contributed by atoms with Gasteiger partial charge in [0.05, 0.1) is 4.92 Å². The molecule has 2 aromatic rings. The van der Waals surface area contributed by atoms with Gasteiger partial charge in [-0.1, -0.05) is 24.3 Å². The summed E-state index contributed by atoms with van der Waals surface area (Å²) in [5.41, 5.74) is 2.18. The van der Waals surface area contributed by atoms with E-state index in [0.717, 1.165) is 11.3 Å². The fraction of sp³-hybridized carbons (Fsp3) is 0.125. The lowest BCUT2D eigenvalue weighted by Gasteiger charge is -2.12. The summed E-state index contributed by atoms with van der Waals surface area (Å²) >= 11 is 5.12. The molecule has 0 fully saturated rings. The molecule has 6 nitrogen and oxygen atoms in total. The van der Waals surface area contributed by atoms with Crippen molar-refractivity contribution in [1.29, 1.82) is 0 Å². The highest BCUT2D eigenvalue weighted by Gasteiger charge is 2.18. The Morgan fingerprint density at radius 3 is 2.48 bits per heavy atom. The fourth-order valence-corrected chi connectivity index (χ4v) is 2.31. The molecule has 0 saturated heterocycles. The van der Waals surface area contributed by atoms with Gasteiger partial charge in [-0.25, -0.2) is 0 Å². The minimum Gasteiger partial charge on any atom is -0.332 e. The molecule has 0 radical (unpaired) electrons. The van der Waals surface area contributed by atoms with Gasteiger partial charge in [0.1, 0.15) is 0 Å². The maximum absolute atomic E-state index is 12.3. The van der Waals surface area contributed by atoms with Crippen molar-refractivity contribution >= 4 is 34.6 Å². The first kappa shape index (κ1) is 16.6. The van der Waals surface area contributed by atoms with Gasteiger partial charge in [-0.2, -0.15) is 0 Å². The Morgan fingerprint density at radius 2 is 1.83 bits per heavy atom. The number of amides is 1. The first-order chi connectivity index (χ1) is 10.9. The number of hydrogen-bond donors (Lipinski definition) is 2. The third kappa shape index (κ3) is 3.89. The van der Waals surface area contributed by atoms with Gasteiger partial charge in [0.2, 0.25) is 0 Å². The molecule has 0 atom stereocenters. The van der Waals surface area contributed by atoms with E-state index in [9.17, 15) is 14.9 Å². The molecule has 118 valence electrons. The third-order valence-electron chi connectivity index (χ3n) is 3.37. The van der Waals surface area contributed by atoms with E-state index in [4.69, 9.17) is 12.2 Å². The molecule has 0 unspecified atom stereocenters. The Kier molecular flexibility index (Phi) is 5.02. The highest BCUT2D eigenvalue weighted by Crippen LogP contribution is 2.21. The Bertz CT molecular complexity index is 790. The van der Waals surface area contributed by atoms with Gasteiger partial charge in [0.25, 0.3) is 11.6 Å². The van der Waals surface area contributed by atoms with Crippen LogP contribution in [-0.4, -0.2) is 15.9 Å². The van der Waals surface area contributed by atoms with E-state index in [1.165, 1.54) is 25.1 Å². The minimum atomic E-state index is -0.518. The van der Waals surface area contributed by atoms with Crippen LogP contribution in [0.1, 0.15) is 21.5 Å². The van der Waals surface area contributed by atoms with Crippen LogP contribution < -0.4 is 10.6 Å². The molecule has 0 aliphatic carbocycles. The number of anilines is 1. The highest BCUT2D eigenvalue weighted by molar-refractivity contribution is 7.80. The van der Waals surface area contributed by atoms with Crippen molar-refractivity contribution in [2.24, 2.45) is 0 Å². The number of nitrogens with zero attached hydrogens (tertiary/aromatic N) is 1. The normalized spacial score (nSPS) is 10.0. The Morgan fingerprint density at radius 1 is 1.13 bits per heavy atom. The van der Waals surface area contributed by atoms with Crippen LogP contribution in [0.5, 0.6) is 0 Å². The quantitative estimate of drug-likeness (QED) is 0.512. The van der Waals surface area contributed by atoms with E-state index >= 15 is 0 Å². The first-order valence-electron chi connectivity index (χ1n) is 6.82. The average Bonchev–Trinajstić information content (AvgIpc) is 2.49. The summed E-state index contributed by atoms with van der Waals surface area (Å²) in [4.78, 5) is 22.7. The van der Waals surface area contributed by atoms with E-state index in [1.54, 1.807) is 0 Å². The number of thiocarbonyl (C=S) groups is 1. The topological polar surface area (TPSA) is 84.3 Å². The Labute approximate surface area is 138 Å². The SMILES string of the molecule is Cc1ccccc1NC(=S)NC(=O)c1cccc([N+](=O)[O-])c1C. The molecule has 0 bridgehead atoms. The summed E-state index contributed by atoms with van der Waals surface area (Å²) in [6.07, 6.45) is 0. The van der Waals surface area contributed by atoms with E-state index in [1.807, 2.05) is 31.2 Å². The van der Waals surface area contributed by atoms with Gasteiger partial charge in [0.15, 0.2) is 5.11 Å². The van der Waals surface area contributed by atoms with E-state index < -0.39 is 10.8 Å². The maximum atomic E-state index is 12.3. The lowest BCUT2D eigenvalue weighted by Crippen LogP contribution is -2.34. The molecule has 2 aromatic carbocycles. The van der Waals surface area contributed by atoms with E-state index in [-0.39, 0.29) is 16.4 Å². The molecule has 7 heteroatoms. The molecule has 0 heterocycles. The molecule has 2 rings (SSSR count). The molecule has 0 aliphatic rings. The molecule has 0 aromatic heterocycles. The molecule has 23 heavy (non-hydrogen) atoms. The molecular weight excluding hydrogens is 314 g/mol. The second-order valence-corrected chi connectivity index (χ2v) is 5.34. The van der Waals surface area contributed by atoms with Gasteiger partial charge in [-0.3, -0.25) is 20.2 Å². The predicted octanol–water partition coefficient (Wildman–Crippen LogP) is 3.34. The number of nitro groups is 1. The fourth-order valence-electron chi connectivity index (χ4n) is 2.10. The summed E-state index contributed by atoms with van der Waals surface area (Å²) in [6.45, 7) is 3.45. The number of benzene rings is 2. The molecular formula is C16H15N3O3S. The second-order valence-electron chi connectivity index (χ2n) is 4.93. The maximum Gasteiger partial charge on any atom is 0.273 e. The largest absolute Gasteiger partial charge is 0.332 e. The summed E-state index contributed by atoms with van der Waals surface area (Å²) < 4.78 is 0. The molecule has 0 aliphatic heterocycles. The molecule has 0 saturated carbocycles.